The van der Waals surface area contributed by atoms with Gasteiger partial charge in [0.05, 0.1) is 8.07 Å². The molecule has 12 heavy (non-hydrogen) atoms. The van der Waals surface area contributed by atoms with E-state index in [0.717, 1.165) is 0 Å². The summed E-state index contributed by atoms with van der Waals surface area (Å²) in [4.78, 5) is 0. The van der Waals surface area contributed by atoms with Crippen molar-refractivity contribution in [1.82, 2.24) is 0 Å². The Morgan fingerprint density at radius 2 is 1.67 bits per heavy atom. The van der Waals surface area contributed by atoms with Gasteiger partial charge in [-0.1, -0.05) is 51.7 Å². The summed E-state index contributed by atoms with van der Waals surface area (Å²) in [5.74, 6) is 0. The van der Waals surface area contributed by atoms with Crippen molar-refractivity contribution in [1.29, 1.82) is 0 Å². The van der Waals surface area contributed by atoms with Gasteiger partial charge in [0.2, 0.25) is 0 Å². The molecule has 0 unspecified atom stereocenters. The van der Waals surface area contributed by atoms with Crippen LogP contribution in [0, 0.1) is 5.54 Å². The van der Waals surface area contributed by atoms with Gasteiger partial charge in [-0.15, -0.1) is 0 Å². The smallest absolute Gasteiger partial charge is 0.0539 e. The lowest BCUT2D eigenvalue weighted by molar-refractivity contribution is 0.566. The number of hydrogen-bond acceptors (Lipinski definition) is 0. The van der Waals surface area contributed by atoms with Gasteiger partial charge >= 0.3 is 0 Å². The van der Waals surface area contributed by atoms with E-state index >= 15 is 0 Å². The van der Waals surface area contributed by atoms with E-state index in [-0.39, 0.29) is 0 Å². The minimum atomic E-state index is -0.886. The first-order valence-electron chi connectivity index (χ1n) is 5.52. The SMILES string of the molecule is CCC[Si](C)(C)[C]1CCCCC1. The van der Waals surface area contributed by atoms with Crippen molar-refractivity contribution in [2.45, 2.75) is 64.6 Å². The molecule has 0 N–H and O–H groups in total. The summed E-state index contributed by atoms with van der Waals surface area (Å²) in [6.45, 7) is 7.46. The quantitative estimate of drug-likeness (QED) is 0.576. The molecule has 0 spiro atoms. The molecule has 0 aromatic rings. The summed E-state index contributed by atoms with van der Waals surface area (Å²) in [6, 6.07) is 1.52. The van der Waals surface area contributed by atoms with Crippen molar-refractivity contribution >= 4 is 8.07 Å². The first-order valence-corrected chi connectivity index (χ1v) is 8.72. The molecular weight excluding hydrogens is 160 g/mol. The van der Waals surface area contributed by atoms with Crippen LogP contribution < -0.4 is 0 Å². The maximum Gasteiger partial charge on any atom is 0.0539 e. The second kappa shape index (κ2) is 4.45. The normalized spacial score (nSPS) is 21.2. The van der Waals surface area contributed by atoms with Crippen LogP contribution in [0.3, 0.4) is 0 Å². The fraction of sp³-hybridized carbons (Fsp3) is 0.909. The molecular formula is C11H23Si. The van der Waals surface area contributed by atoms with Crippen molar-refractivity contribution in [2.75, 3.05) is 0 Å². The van der Waals surface area contributed by atoms with Crippen LogP contribution in [0.15, 0.2) is 0 Å². The van der Waals surface area contributed by atoms with Crippen molar-refractivity contribution in [3.05, 3.63) is 5.54 Å². The van der Waals surface area contributed by atoms with Crippen LogP contribution in [0.4, 0.5) is 0 Å². The second-order valence-electron chi connectivity index (χ2n) is 4.80. The minimum absolute atomic E-state index is 0.886. The van der Waals surface area contributed by atoms with E-state index in [2.05, 4.69) is 20.0 Å². The molecule has 0 aromatic carbocycles. The molecule has 0 saturated heterocycles. The molecule has 1 saturated carbocycles. The van der Waals surface area contributed by atoms with Gasteiger partial charge in [-0.2, -0.15) is 0 Å². The summed E-state index contributed by atoms with van der Waals surface area (Å²) in [5, 5.41) is 0. The predicted molar refractivity (Wildman–Crippen MR) is 58.9 cm³/mol. The van der Waals surface area contributed by atoms with Crippen LogP contribution in [0.5, 0.6) is 0 Å². The molecule has 0 atom stereocenters. The summed E-state index contributed by atoms with van der Waals surface area (Å²) >= 11 is 0. The minimum Gasteiger partial charge on any atom is -0.0689 e. The average molecular weight is 183 g/mol. The molecule has 0 aromatic heterocycles. The molecule has 0 nitrogen and oxygen atoms in total. The Balaban J connectivity index is 2.41. The fourth-order valence-electron chi connectivity index (χ4n) is 2.46. The van der Waals surface area contributed by atoms with E-state index in [9.17, 15) is 0 Å². The van der Waals surface area contributed by atoms with E-state index in [1.54, 1.807) is 0 Å². The fourth-order valence-corrected chi connectivity index (χ4v) is 5.77. The molecule has 0 heterocycles. The highest BCUT2D eigenvalue weighted by Gasteiger charge is 2.31. The van der Waals surface area contributed by atoms with Gasteiger partial charge in [-0.3, -0.25) is 0 Å². The van der Waals surface area contributed by atoms with Crippen LogP contribution in [0.25, 0.3) is 0 Å². The largest absolute Gasteiger partial charge is 0.0689 e. The van der Waals surface area contributed by atoms with Gasteiger partial charge in [0.25, 0.3) is 0 Å². The monoisotopic (exact) mass is 183 g/mol. The summed E-state index contributed by atoms with van der Waals surface area (Å²) in [7, 11) is -0.886. The van der Waals surface area contributed by atoms with E-state index in [0.29, 0.717) is 0 Å². The molecule has 71 valence electrons. The number of rotatable bonds is 3. The highest BCUT2D eigenvalue weighted by Crippen LogP contribution is 2.35. The molecule has 0 amide bonds. The Morgan fingerprint density at radius 3 is 2.17 bits per heavy atom. The van der Waals surface area contributed by atoms with E-state index in [1.807, 2.05) is 5.54 Å². The first kappa shape index (κ1) is 10.3. The third kappa shape index (κ3) is 2.62. The Bertz CT molecular complexity index is 123. The van der Waals surface area contributed by atoms with Crippen molar-refractivity contribution in [3.63, 3.8) is 0 Å². The maximum absolute atomic E-state index is 2.57. The lowest BCUT2D eigenvalue weighted by Gasteiger charge is -2.34. The first-order chi connectivity index (χ1) is 5.67. The van der Waals surface area contributed by atoms with Gasteiger partial charge < -0.3 is 0 Å². The van der Waals surface area contributed by atoms with Gasteiger partial charge in [0, 0.05) is 0 Å². The van der Waals surface area contributed by atoms with E-state index < -0.39 is 8.07 Å². The van der Waals surface area contributed by atoms with Gasteiger partial charge in [0.1, 0.15) is 0 Å². The van der Waals surface area contributed by atoms with Crippen LogP contribution >= 0.6 is 0 Å². The Hall–Kier alpha value is 0.217. The van der Waals surface area contributed by atoms with Crippen LogP contribution in [0.1, 0.15) is 45.4 Å². The molecule has 1 fully saturated rings. The van der Waals surface area contributed by atoms with Crippen LogP contribution in [0.2, 0.25) is 19.1 Å². The Morgan fingerprint density at radius 1 is 1.08 bits per heavy atom. The highest BCUT2D eigenvalue weighted by molar-refractivity contribution is 6.82. The van der Waals surface area contributed by atoms with Crippen LogP contribution in [-0.4, -0.2) is 8.07 Å². The maximum atomic E-state index is 2.57. The molecule has 1 radical (unpaired) electrons. The standard InChI is InChI=1S/C11H23Si/c1-4-10-12(2,3)11-8-6-5-7-9-11/h4-10H2,1-3H3. The van der Waals surface area contributed by atoms with Crippen LogP contribution in [-0.2, 0) is 0 Å². The molecule has 0 aliphatic heterocycles. The molecule has 1 heteroatoms. The molecule has 1 aliphatic carbocycles. The zero-order valence-electron chi connectivity index (χ0n) is 8.95. The number of hydrogen-bond donors (Lipinski definition) is 0. The zero-order chi connectivity index (χ0) is 9.03. The van der Waals surface area contributed by atoms with Gasteiger partial charge in [-0.25, -0.2) is 0 Å². The lowest BCUT2D eigenvalue weighted by Crippen LogP contribution is -2.35. The molecule has 1 rings (SSSR count). The Kier molecular flexibility index (Phi) is 3.82. The van der Waals surface area contributed by atoms with Crippen molar-refractivity contribution in [2.24, 2.45) is 0 Å². The summed E-state index contributed by atoms with van der Waals surface area (Å²) < 4.78 is 0. The average Bonchev–Trinajstić information content (AvgIpc) is 2.06. The van der Waals surface area contributed by atoms with E-state index in [4.69, 9.17) is 0 Å². The van der Waals surface area contributed by atoms with Gasteiger partial charge in [-0.05, 0) is 18.4 Å². The lowest BCUT2D eigenvalue weighted by atomic mass is 10.0. The second-order valence-corrected chi connectivity index (χ2v) is 9.77. The third-order valence-corrected chi connectivity index (χ3v) is 7.45. The van der Waals surface area contributed by atoms with Crippen molar-refractivity contribution < 1.29 is 0 Å². The summed E-state index contributed by atoms with van der Waals surface area (Å²) in [5.41, 5.74) is 1.98. The topological polar surface area (TPSA) is 0 Å². The Labute approximate surface area is 78.8 Å². The predicted octanol–water partition coefficient (Wildman–Crippen LogP) is 4.18. The third-order valence-electron chi connectivity index (χ3n) is 3.29. The summed E-state index contributed by atoms with van der Waals surface area (Å²) in [6.07, 6.45) is 8.78. The van der Waals surface area contributed by atoms with Gasteiger partial charge in [0.15, 0.2) is 0 Å². The zero-order valence-corrected chi connectivity index (χ0v) is 9.95. The van der Waals surface area contributed by atoms with Crippen molar-refractivity contribution in [3.8, 4) is 0 Å². The highest BCUT2D eigenvalue weighted by atomic mass is 28.3. The molecule has 0 bridgehead atoms. The van der Waals surface area contributed by atoms with E-state index in [1.165, 1.54) is 44.6 Å². The molecule has 1 aliphatic rings.